The molecule has 0 aliphatic rings. The first-order chi connectivity index (χ1) is 8.19. The highest BCUT2D eigenvalue weighted by atomic mass is 19.1. The number of nitrogens with one attached hydrogen (secondary N) is 1. The number of hydrogen-bond donors (Lipinski definition) is 2. The lowest BCUT2D eigenvalue weighted by molar-refractivity contribution is -0.123. The van der Waals surface area contributed by atoms with Crippen LogP contribution in [0.25, 0.3) is 0 Å². The summed E-state index contributed by atoms with van der Waals surface area (Å²) in [6, 6.07) is 4.50. The molecule has 0 fully saturated rings. The van der Waals surface area contributed by atoms with Crippen molar-refractivity contribution in [1.29, 1.82) is 0 Å². The van der Waals surface area contributed by atoms with E-state index in [0.29, 0.717) is 12.1 Å². The predicted molar refractivity (Wildman–Crippen MR) is 63.1 cm³/mol. The van der Waals surface area contributed by atoms with Crippen LogP contribution in [0, 0.1) is 5.82 Å². The van der Waals surface area contributed by atoms with E-state index in [0.717, 1.165) is 6.42 Å². The predicted octanol–water partition coefficient (Wildman–Crippen LogP) is 1.19. The second kappa shape index (κ2) is 6.85. The smallest absolute Gasteiger partial charge is 0.257 e. The van der Waals surface area contributed by atoms with Gasteiger partial charge < -0.3 is 15.8 Å². The number of para-hydroxylation sites is 1. The van der Waals surface area contributed by atoms with Gasteiger partial charge in [-0.15, -0.1) is 0 Å². The molecule has 0 atom stereocenters. The molecule has 0 aromatic heterocycles. The molecule has 0 bridgehead atoms. The number of hydrogen-bond acceptors (Lipinski definition) is 3. The van der Waals surface area contributed by atoms with Crippen LogP contribution in [0.3, 0.4) is 0 Å². The minimum absolute atomic E-state index is 0.0571. The third-order valence-electron chi connectivity index (χ3n) is 2.19. The quantitative estimate of drug-likeness (QED) is 0.785. The Labute approximate surface area is 100.0 Å². The van der Waals surface area contributed by atoms with Gasteiger partial charge in [-0.2, -0.15) is 0 Å². The fourth-order valence-corrected chi connectivity index (χ4v) is 1.33. The molecule has 1 aromatic rings. The highest BCUT2D eigenvalue weighted by Crippen LogP contribution is 2.21. The Morgan fingerprint density at radius 2 is 2.29 bits per heavy atom. The summed E-state index contributed by atoms with van der Waals surface area (Å²) in [4.78, 5) is 11.3. The number of rotatable bonds is 6. The number of carbonyl (C=O) groups excluding carboxylic acids is 1. The SMILES string of the molecule is CCCNC(=O)COc1c(F)cccc1CN. The number of carbonyl (C=O) groups is 1. The molecule has 0 aliphatic carbocycles. The molecule has 0 spiro atoms. The number of amides is 1. The van der Waals surface area contributed by atoms with Crippen molar-refractivity contribution in [2.24, 2.45) is 5.73 Å². The zero-order valence-electron chi connectivity index (χ0n) is 9.83. The molecule has 1 amide bonds. The highest BCUT2D eigenvalue weighted by Gasteiger charge is 2.10. The molecule has 0 saturated carbocycles. The third-order valence-corrected chi connectivity index (χ3v) is 2.19. The van der Waals surface area contributed by atoms with Crippen molar-refractivity contribution in [3.63, 3.8) is 0 Å². The lowest BCUT2D eigenvalue weighted by Crippen LogP contribution is -2.29. The number of nitrogens with two attached hydrogens (primary N) is 1. The number of halogens is 1. The second-order valence-corrected chi connectivity index (χ2v) is 3.57. The third kappa shape index (κ3) is 4.03. The van der Waals surface area contributed by atoms with Crippen LogP contribution >= 0.6 is 0 Å². The van der Waals surface area contributed by atoms with Gasteiger partial charge >= 0.3 is 0 Å². The molecular formula is C12H17FN2O2. The topological polar surface area (TPSA) is 64.3 Å². The molecule has 3 N–H and O–H groups in total. The first kappa shape index (κ1) is 13.4. The van der Waals surface area contributed by atoms with Crippen molar-refractivity contribution in [3.8, 4) is 5.75 Å². The van der Waals surface area contributed by atoms with Gasteiger partial charge in [0.1, 0.15) is 0 Å². The Hall–Kier alpha value is -1.62. The van der Waals surface area contributed by atoms with Crippen LogP contribution < -0.4 is 15.8 Å². The number of benzene rings is 1. The summed E-state index contributed by atoms with van der Waals surface area (Å²) < 4.78 is 18.6. The maximum atomic E-state index is 13.4. The fourth-order valence-electron chi connectivity index (χ4n) is 1.33. The fraction of sp³-hybridized carbons (Fsp3) is 0.417. The summed E-state index contributed by atoms with van der Waals surface area (Å²) in [7, 11) is 0. The van der Waals surface area contributed by atoms with E-state index in [1.807, 2.05) is 6.92 Å². The molecule has 1 rings (SSSR count). The van der Waals surface area contributed by atoms with Crippen LogP contribution in [-0.2, 0) is 11.3 Å². The molecule has 0 unspecified atom stereocenters. The van der Waals surface area contributed by atoms with Crippen molar-refractivity contribution in [2.45, 2.75) is 19.9 Å². The molecule has 1 aromatic carbocycles. The van der Waals surface area contributed by atoms with Gasteiger partial charge in [-0.25, -0.2) is 4.39 Å². The van der Waals surface area contributed by atoms with Crippen LogP contribution in [-0.4, -0.2) is 19.1 Å². The normalized spacial score (nSPS) is 10.1. The Morgan fingerprint density at radius 1 is 1.53 bits per heavy atom. The largest absolute Gasteiger partial charge is 0.480 e. The molecule has 0 saturated heterocycles. The minimum atomic E-state index is -0.503. The molecule has 5 heteroatoms. The second-order valence-electron chi connectivity index (χ2n) is 3.57. The summed E-state index contributed by atoms with van der Waals surface area (Å²) in [6.45, 7) is 2.51. The van der Waals surface area contributed by atoms with Crippen molar-refractivity contribution in [1.82, 2.24) is 5.32 Å². The maximum Gasteiger partial charge on any atom is 0.257 e. The van der Waals surface area contributed by atoms with Crippen LogP contribution in [0.5, 0.6) is 5.75 Å². The van der Waals surface area contributed by atoms with Gasteiger partial charge in [0.15, 0.2) is 18.2 Å². The van der Waals surface area contributed by atoms with E-state index in [4.69, 9.17) is 10.5 Å². The van der Waals surface area contributed by atoms with E-state index < -0.39 is 5.82 Å². The standard InChI is InChI=1S/C12H17FN2O2/c1-2-6-15-11(16)8-17-12-9(7-14)4-3-5-10(12)13/h3-5H,2,6-8,14H2,1H3,(H,15,16). The Balaban J connectivity index is 2.59. The van der Waals surface area contributed by atoms with Gasteiger partial charge in [-0.1, -0.05) is 19.1 Å². The van der Waals surface area contributed by atoms with Gasteiger partial charge in [-0.3, -0.25) is 4.79 Å². The summed E-state index contributed by atoms with van der Waals surface area (Å²) in [5.41, 5.74) is 6.01. The average molecular weight is 240 g/mol. The van der Waals surface area contributed by atoms with Crippen LogP contribution in [0.2, 0.25) is 0 Å². The van der Waals surface area contributed by atoms with Gasteiger partial charge in [0.2, 0.25) is 0 Å². The maximum absolute atomic E-state index is 13.4. The average Bonchev–Trinajstić information content (AvgIpc) is 2.34. The Kier molecular flexibility index (Phi) is 5.42. The van der Waals surface area contributed by atoms with Crippen molar-refractivity contribution in [2.75, 3.05) is 13.2 Å². The Morgan fingerprint density at radius 3 is 2.94 bits per heavy atom. The summed E-state index contributed by atoms with van der Waals surface area (Å²) in [5, 5.41) is 2.64. The van der Waals surface area contributed by atoms with Gasteiger partial charge in [0.25, 0.3) is 5.91 Å². The van der Waals surface area contributed by atoms with E-state index >= 15 is 0 Å². The van der Waals surface area contributed by atoms with Gasteiger partial charge in [0, 0.05) is 18.7 Å². The highest BCUT2D eigenvalue weighted by molar-refractivity contribution is 5.77. The number of ether oxygens (including phenoxy) is 1. The van der Waals surface area contributed by atoms with Gasteiger partial charge in [-0.05, 0) is 12.5 Å². The first-order valence-corrected chi connectivity index (χ1v) is 5.56. The monoisotopic (exact) mass is 240 g/mol. The van der Waals surface area contributed by atoms with Gasteiger partial charge in [0.05, 0.1) is 0 Å². The first-order valence-electron chi connectivity index (χ1n) is 5.56. The molecule has 17 heavy (non-hydrogen) atoms. The van der Waals surface area contributed by atoms with E-state index in [9.17, 15) is 9.18 Å². The Bertz CT molecular complexity index is 383. The van der Waals surface area contributed by atoms with E-state index in [2.05, 4.69) is 5.32 Å². The molecule has 0 heterocycles. The zero-order chi connectivity index (χ0) is 12.7. The van der Waals surface area contributed by atoms with E-state index in [1.165, 1.54) is 6.07 Å². The molecule has 0 aliphatic heterocycles. The lowest BCUT2D eigenvalue weighted by atomic mass is 10.2. The molecule has 4 nitrogen and oxygen atoms in total. The van der Waals surface area contributed by atoms with Crippen LogP contribution in [0.1, 0.15) is 18.9 Å². The molecular weight excluding hydrogens is 223 g/mol. The summed E-state index contributed by atoms with van der Waals surface area (Å²) in [6.07, 6.45) is 0.847. The molecule has 94 valence electrons. The van der Waals surface area contributed by atoms with Crippen molar-refractivity contribution < 1.29 is 13.9 Å². The molecule has 0 radical (unpaired) electrons. The summed E-state index contributed by atoms with van der Waals surface area (Å²) >= 11 is 0. The lowest BCUT2D eigenvalue weighted by Gasteiger charge is -2.11. The summed E-state index contributed by atoms with van der Waals surface area (Å²) in [5.74, 6) is -0.712. The van der Waals surface area contributed by atoms with Crippen LogP contribution in [0.4, 0.5) is 4.39 Å². The zero-order valence-corrected chi connectivity index (χ0v) is 9.83. The van der Waals surface area contributed by atoms with Crippen LogP contribution in [0.15, 0.2) is 18.2 Å². The van der Waals surface area contributed by atoms with Crippen molar-refractivity contribution in [3.05, 3.63) is 29.6 Å². The van der Waals surface area contributed by atoms with Crippen molar-refractivity contribution >= 4 is 5.91 Å². The van der Waals surface area contributed by atoms with E-state index in [-0.39, 0.29) is 24.8 Å². The van der Waals surface area contributed by atoms with E-state index in [1.54, 1.807) is 12.1 Å². The minimum Gasteiger partial charge on any atom is -0.480 e.